The van der Waals surface area contributed by atoms with E-state index >= 15 is 0 Å². The molecule has 1 unspecified atom stereocenters. The van der Waals surface area contributed by atoms with Gasteiger partial charge in [-0.1, -0.05) is 13.8 Å². The third-order valence-electron chi connectivity index (χ3n) is 4.51. The van der Waals surface area contributed by atoms with Crippen LogP contribution >= 0.6 is 0 Å². The maximum absolute atomic E-state index is 12.4. The van der Waals surface area contributed by atoms with Gasteiger partial charge in [-0.05, 0) is 31.7 Å². The summed E-state index contributed by atoms with van der Waals surface area (Å²) in [5.41, 5.74) is -0.196. The Hall–Kier alpha value is -0.610. The Bertz CT molecular complexity index is 279. The monoisotopic (exact) mass is 240 g/mol. The minimum Gasteiger partial charge on any atom is -0.381 e. The van der Waals surface area contributed by atoms with E-state index in [-0.39, 0.29) is 11.3 Å². The molecule has 1 atom stereocenters. The highest BCUT2D eigenvalue weighted by Gasteiger charge is 2.45. The van der Waals surface area contributed by atoms with Crippen molar-refractivity contribution in [2.24, 2.45) is 11.3 Å². The van der Waals surface area contributed by atoms with Crippen molar-refractivity contribution in [3.05, 3.63) is 0 Å². The van der Waals surface area contributed by atoms with E-state index in [1.54, 1.807) is 7.11 Å². The highest BCUT2D eigenvalue weighted by atomic mass is 16.5. The summed E-state index contributed by atoms with van der Waals surface area (Å²) in [5.74, 6) is 0.618. The minimum atomic E-state index is -0.196. The third kappa shape index (κ3) is 2.33. The predicted molar refractivity (Wildman–Crippen MR) is 66.7 cm³/mol. The van der Waals surface area contributed by atoms with E-state index in [1.165, 1.54) is 0 Å². The van der Waals surface area contributed by atoms with Crippen molar-refractivity contribution < 1.29 is 9.53 Å². The number of methoxy groups -OCH3 is 1. The molecule has 1 saturated carbocycles. The molecule has 1 aliphatic carbocycles. The number of carbonyl (C=O) groups is 1. The van der Waals surface area contributed by atoms with Crippen LogP contribution in [-0.2, 0) is 9.53 Å². The molecule has 4 nitrogen and oxygen atoms in total. The van der Waals surface area contributed by atoms with Gasteiger partial charge in [0, 0.05) is 19.7 Å². The Morgan fingerprint density at radius 2 is 2.18 bits per heavy atom. The second kappa shape index (κ2) is 4.94. The average Bonchev–Trinajstić information content (AvgIpc) is 2.72. The lowest BCUT2D eigenvalue weighted by Crippen LogP contribution is -2.54. The van der Waals surface area contributed by atoms with Gasteiger partial charge < -0.3 is 15.4 Å². The van der Waals surface area contributed by atoms with Crippen molar-refractivity contribution in [2.45, 2.75) is 45.3 Å². The number of hydrogen-bond acceptors (Lipinski definition) is 3. The van der Waals surface area contributed by atoms with Crippen LogP contribution in [0.1, 0.15) is 33.1 Å². The number of amides is 1. The number of hydrogen-bond donors (Lipinski definition) is 2. The Morgan fingerprint density at radius 1 is 1.47 bits per heavy atom. The van der Waals surface area contributed by atoms with Crippen LogP contribution in [0.3, 0.4) is 0 Å². The fourth-order valence-corrected chi connectivity index (χ4v) is 2.87. The molecule has 2 fully saturated rings. The lowest BCUT2D eigenvalue weighted by molar-refractivity contribution is -0.134. The maximum atomic E-state index is 12.4. The Morgan fingerprint density at radius 3 is 2.65 bits per heavy atom. The SMILES string of the molecule is COC1CC(NC(=O)C2(C(C)C)CCNC2)C1. The van der Waals surface area contributed by atoms with Gasteiger partial charge in [-0.2, -0.15) is 0 Å². The fraction of sp³-hybridized carbons (Fsp3) is 0.923. The molecule has 98 valence electrons. The molecule has 1 saturated heterocycles. The molecule has 2 aliphatic rings. The van der Waals surface area contributed by atoms with Crippen molar-refractivity contribution in [1.29, 1.82) is 0 Å². The summed E-state index contributed by atoms with van der Waals surface area (Å²) < 4.78 is 5.23. The summed E-state index contributed by atoms with van der Waals surface area (Å²) in [6, 6.07) is 0.323. The quantitative estimate of drug-likeness (QED) is 0.768. The molecule has 0 bridgehead atoms. The van der Waals surface area contributed by atoms with E-state index in [4.69, 9.17) is 4.74 Å². The molecule has 4 heteroatoms. The molecule has 0 spiro atoms. The zero-order valence-electron chi connectivity index (χ0n) is 11.1. The topological polar surface area (TPSA) is 50.4 Å². The Labute approximate surface area is 103 Å². The second-order valence-corrected chi connectivity index (χ2v) is 5.74. The van der Waals surface area contributed by atoms with Crippen molar-refractivity contribution in [3.8, 4) is 0 Å². The van der Waals surface area contributed by atoms with Crippen LogP contribution in [0.2, 0.25) is 0 Å². The summed E-state index contributed by atoms with van der Waals surface area (Å²) in [4.78, 5) is 12.4. The second-order valence-electron chi connectivity index (χ2n) is 5.74. The van der Waals surface area contributed by atoms with Crippen molar-refractivity contribution in [1.82, 2.24) is 10.6 Å². The molecular formula is C13H24N2O2. The molecule has 1 heterocycles. The van der Waals surface area contributed by atoms with Gasteiger partial charge in [-0.3, -0.25) is 4.79 Å². The average molecular weight is 240 g/mol. The molecule has 0 aromatic heterocycles. The van der Waals surface area contributed by atoms with Gasteiger partial charge in [0.1, 0.15) is 0 Å². The van der Waals surface area contributed by atoms with Gasteiger partial charge in [0.25, 0.3) is 0 Å². The Balaban J connectivity index is 1.90. The van der Waals surface area contributed by atoms with E-state index in [2.05, 4.69) is 24.5 Å². The van der Waals surface area contributed by atoms with Gasteiger partial charge in [0.05, 0.1) is 11.5 Å². The maximum Gasteiger partial charge on any atom is 0.228 e. The molecular weight excluding hydrogens is 216 g/mol. The number of carbonyl (C=O) groups excluding carboxylic acids is 1. The molecule has 0 aromatic carbocycles. The van der Waals surface area contributed by atoms with Crippen molar-refractivity contribution in [3.63, 3.8) is 0 Å². The van der Waals surface area contributed by atoms with Crippen LogP contribution < -0.4 is 10.6 Å². The highest BCUT2D eigenvalue weighted by Crippen LogP contribution is 2.35. The third-order valence-corrected chi connectivity index (χ3v) is 4.51. The van der Waals surface area contributed by atoms with E-state index in [0.717, 1.165) is 32.4 Å². The fourth-order valence-electron chi connectivity index (χ4n) is 2.87. The summed E-state index contributed by atoms with van der Waals surface area (Å²) >= 11 is 0. The zero-order chi connectivity index (χ0) is 12.5. The lowest BCUT2D eigenvalue weighted by atomic mass is 9.75. The molecule has 0 aromatic rings. The van der Waals surface area contributed by atoms with Gasteiger partial charge in [-0.15, -0.1) is 0 Å². The van der Waals surface area contributed by atoms with Crippen LogP contribution in [0.4, 0.5) is 0 Å². The standard InChI is InChI=1S/C13H24N2O2/c1-9(2)13(4-5-14-8-13)12(16)15-10-6-11(7-10)17-3/h9-11,14H,4-8H2,1-3H3,(H,15,16). The molecule has 17 heavy (non-hydrogen) atoms. The van der Waals surface area contributed by atoms with Crippen molar-refractivity contribution in [2.75, 3.05) is 20.2 Å². The van der Waals surface area contributed by atoms with E-state index in [1.807, 2.05) is 0 Å². The van der Waals surface area contributed by atoms with Crippen LogP contribution in [0.25, 0.3) is 0 Å². The number of ether oxygens (including phenoxy) is 1. The van der Waals surface area contributed by atoms with Gasteiger partial charge >= 0.3 is 0 Å². The van der Waals surface area contributed by atoms with E-state index in [9.17, 15) is 4.79 Å². The predicted octanol–water partition coefficient (Wildman–Crippen LogP) is 0.916. The molecule has 1 amide bonds. The first-order valence-corrected chi connectivity index (χ1v) is 6.63. The summed E-state index contributed by atoms with van der Waals surface area (Å²) in [6.07, 6.45) is 3.22. The van der Waals surface area contributed by atoms with Crippen LogP contribution in [0.5, 0.6) is 0 Å². The summed E-state index contributed by atoms with van der Waals surface area (Å²) in [5, 5.41) is 6.50. The van der Waals surface area contributed by atoms with Crippen molar-refractivity contribution >= 4 is 5.91 Å². The largest absolute Gasteiger partial charge is 0.381 e. The first-order chi connectivity index (χ1) is 8.08. The van der Waals surface area contributed by atoms with Gasteiger partial charge in [-0.25, -0.2) is 0 Å². The molecule has 2 N–H and O–H groups in total. The summed E-state index contributed by atoms with van der Waals surface area (Å²) in [7, 11) is 1.74. The van der Waals surface area contributed by atoms with E-state index in [0.29, 0.717) is 18.1 Å². The van der Waals surface area contributed by atoms with Crippen LogP contribution in [-0.4, -0.2) is 38.3 Å². The van der Waals surface area contributed by atoms with Gasteiger partial charge in [0.2, 0.25) is 5.91 Å². The smallest absolute Gasteiger partial charge is 0.228 e. The number of rotatable bonds is 4. The zero-order valence-corrected chi connectivity index (χ0v) is 11.1. The first kappa shape index (κ1) is 12.8. The Kier molecular flexibility index (Phi) is 3.73. The normalized spacial score (nSPS) is 36.9. The van der Waals surface area contributed by atoms with E-state index < -0.39 is 0 Å². The lowest BCUT2D eigenvalue weighted by Gasteiger charge is -2.38. The van der Waals surface area contributed by atoms with Crippen LogP contribution in [0.15, 0.2) is 0 Å². The first-order valence-electron chi connectivity index (χ1n) is 6.63. The van der Waals surface area contributed by atoms with Crippen LogP contribution in [0, 0.1) is 11.3 Å². The molecule has 0 radical (unpaired) electrons. The molecule has 2 rings (SSSR count). The minimum absolute atomic E-state index is 0.196. The number of nitrogens with one attached hydrogen (secondary N) is 2. The summed E-state index contributed by atoms with van der Waals surface area (Å²) in [6.45, 7) is 6.06. The van der Waals surface area contributed by atoms with Gasteiger partial charge in [0.15, 0.2) is 0 Å². The highest BCUT2D eigenvalue weighted by molar-refractivity contribution is 5.84. The molecule has 1 aliphatic heterocycles.